The molecule has 6 nitrogen and oxygen atoms in total. The Balaban J connectivity index is 1.43. The third kappa shape index (κ3) is 3.60. The number of para-hydroxylation sites is 2. The fourth-order valence-electron chi connectivity index (χ4n) is 3.55. The van der Waals surface area contributed by atoms with Gasteiger partial charge in [0, 0.05) is 30.8 Å². The Kier molecular flexibility index (Phi) is 4.47. The molecule has 0 unspecified atom stereocenters. The van der Waals surface area contributed by atoms with Crippen molar-refractivity contribution in [2.75, 3.05) is 19.3 Å². The molecule has 1 N–H and O–H groups in total. The van der Waals surface area contributed by atoms with E-state index in [1.54, 1.807) is 12.1 Å². The van der Waals surface area contributed by atoms with Crippen LogP contribution in [0, 0.1) is 0 Å². The van der Waals surface area contributed by atoms with Crippen molar-refractivity contribution in [3.05, 3.63) is 59.9 Å². The number of likely N-dealkylation sites (tertiary alicyclic amines) is 1. The topological polar surface area (TPSA) is 83.1 Å². The zero-order valence-electron chi connectivity index (χ0n) is 15.1. The van der Waals surface area contributed by atoms with E-state index in [0.29, 0.717) is 24.6 Å². The minimum atomic E-state index is -3.25. The lowest BCUT2D eigenvalue weighted by atomic mass is 9.95. The maximum absolute atomic E-state index is 12.7. The number of aromatic nitrogens is 2. The molecular weight excluding hydrogens is 362 g/mol. The summed E-state index contributed by atoms with van der Waals surface area (Å²) in [4.78, 5) is 22.8. The molecule has 0 spiro atoms. The molecule has 7 heteroatoms. The molecule has 27 heavy (non-hydrogen) atoms. The Hall–Kier alpha value is -2.67. The van der Waals surface area contributed by atoms with Crippen molar-refractivity contribution in [1.29, 1.82) is 0 Å². The Bertz CT molecular complexity index is 1050. The van der Waals surface area contributed by atoms with E-state index >= 15 is 0 Å². The number of aromatic amines is 1. The van der Waals surface area contributed by atoms with Crippen LogP contribution in [0.2, 0.25) is 0 Å². The lowest BCUT2D eigenvalue weighted by molar-refractivity contribution is 0.0711. The van der Waals surface area contributed by atoms with Crippen LogP contribution in [0.25, 0.3) is 11.0 Å². The van der Waals surface area contributed by atoms with Gasteiger partial charge in [-0.15, -0.1) is 0 Å². The number of piperidine rings is 1. The number of benzene rings is 2. The fourth-order valence-corrected chi connectivity index (χ4v) is 4.18. The Morgan fingerprint density at radius 2 is 1.74 bits per heavy atom. The number of carbonyl (C=O) groups excluding carboxylic acids is 1. The second kappa shape index (κ2) is 6.81. The van der Waals surface area contributed by atoms with Crippen LogP contribution in [0.5, 0.6) is 0 Å². The first kappa shape index (κ1) is 17.7. The number of nitrogens with zero attached hydrogens (tertiary/aromatic N) is 2. The first-order valence-corrected chi connectivity index (χ1v) is 10.8. The van der Waals surface area contributed by atoms with E-state index in [0.717, 1.165) is 36.0 Å². The van der Waals surface area contributed by atoms with E-state index in [-0.39, 0.29) is 10.8 Å². The largest absolute Gasteiger partial charge is 0.342 e. The van der Waals surface area contributed by atoms with Gasteiger partial charge in [0.1, 0.15) is 5.82 Å². The van der Waals surface area contributed by atoms with Crippen molar-refractivity contribution in [3.8, 4) is 0 Å². The van der Waals surface area contributed by atoms with E-state index in [1.807, 2.05) is 29.2 Å². The Morgan fingerprint density at radius 3 is 2.37 bits per heavy atom. The number of amides is 1. The molecule has 1 aliphatic rings. The number of sulfone groups is 1. The van der Waals surface area contributed by atoms with Gasteiger partial charge in [-0.2, -0.15) is 0 Å². The molecule has 1 fully saturated rings. The average molecular weight is 383 g/mol. The molecular formula is C20H21N3O3S. The molecule has 0 aliphatic carbocycles. The molecule has 140 valence electrons. The summed E-state index contributed by atoms with van der Waals surface area (Å²) in [6.45, 7) is 1.32. The van der Waals surface area contributed by atoms with Crippen LogP contribution in [-0.4, -0.2) is 48.5 Å². The number of nitrogens with one attached hydrogen (secondary N) is 1. The molecule has 0 radical (unpaired) electrons. The van der Waals surface area contributed by atoms with Gasteiger partial charge in [-0.25, -0.2) is 13.4 Å². The zero-order valence-corrected chi connectivity index (χ0v) is 15.9. The molecule has 4 rings (SSSR count). The van der Waals surface area contributed by atoms with Gasteiger partial charge in [0.15, 0.2) is 9.84 Å². The smallest absolute Gasteiger partial charge is 0.253 e. The van der Waals surface area contributed by atoms with E-state index in [1.165, 1.54) is 12.1 Å². The van der Waals surface area contributed by atoms with Crippen molar-refractivity contribution in [2.24, 2.45) is 0 Å². The minimum absolute atomic E-state index is 0.0573. The van der Waals surface area contributed by atoms with E-state index < -0.39 is 9.84 Å². The van der Waals surface area contributed by atoms with Crippen LogP contribution in [0.15, 0.2) is 53.4 Å². The van der Waals surface area contributed by atoms with Crippen molar-refractivity contribution in [3.63, 3.8) is 0 Å². The van der Waals surface area contributed by atoms with Crippen molar-refractivity contribution in [2.45, 2.75) is 23.7 Å². The normalized spacial score (nSPS) is 16.0. The molecule has 0 bridgehead atoms. The van der Waals surface area contributed by atoms with Gasteiger partial charge in [-0.05, 0) is 49.2 Å². The minimum Gasteiger partial charge on any atom is -0.342 e. The van der Waals surface area contributed by atoms with Gasteiger partial charge >= 0.3 is 0 Å². The predicted molar refractivity (Wildman–Crippen MR) is 104 cm³/mol. The van der Waals surface area contributed by atoms with Crippen LogP contribution < -0.4 is 0 Å². The molecule has 3 aromatic rings. The highest BCUT2D eigenvalue weighted by atomic mass is 32.2. The van der Waals surface area contributed by atoms with E-state index in [2.05, 4.69) is 9.97 Å². The number of carbonyl (C=O) groups is 1. The van der Waals surface area contributed by atoms with Crippen LogP contribution in [0.4, 0.5) is 0 Å². The highest BCUT2D eigenvalue weighted by Crippen LogP contribution is 2.28. The molecule has 1 amide bonds. The monoisotopic (exact) mass is 383 g/mol. The first-order chi connectivity index (χ1) is 12.9. The third-order valence-electron chi connectivity index (χ3n) is 5.11. The van der Waals surface area contributed by atoms with Gasteiger partial charge in [0.2, 0.25) is 0 Å². The van der Waals surface area contributed by atoms with Crippen LogP contribution >= 0.6 is 0 Å². The van der Waals surface area contributed by atoms with Crippen LogP contribution in [0.1, 0.15) is 34.9 Å². The summed E-state index contributed by atoms with van der Waals surface area (Å²) in [5, 5.41) is 0. The highest BCUT2D eigenvalue weighted by molar-refractivity contribution is 7.90. The van der Waals surface area contributed by atoms with Crippen molar-refractivity contribution >= 4 is 26.8 Å². The summed E-state index contributed by atoms with van der Waals surface area (Å²) in [6, 6.07) is 14.1. The van der Waals surface area contributed by atoms with Gasteiger partial charge in [0.25, 0.3) is 5.91 Å². The molecule has 1 saturated heterocycles. The molecule has 0 atom stereocenters. The average Bonchev–Trinajstić information content (AvgIpc) is 3.11. The predicted octanol–water partition coefficient (Wildman–Crippen LogP) is 2.99. The van der Waals surface area contributed by atoms with E-state index in [9.17, 15) is 13.2 Å². The van der Waals surface area contributed by atoms with E-state index in [4.69, 9.17) is 0 Å². The van der Waals surface area contributed by atoms with Crippen molar-refractivity contribution in [1.82, 2.24) is 14.9 Å². The number of H-pyrrole nitrogens is 1. The summed E-state index contributed by atoms with van der Waals surface area (Å²) < 4.78 is 23.1. The van der Waals surface area contributed by atoms with Crippen molar-refractivity contribution < 1.29 is 13.2 Å². The highest BCUT2D eigenvalue weighted by Gasteiger charge is 2.26. The Morgan fingerprint density at radius 1 is 1.07 bits per heavy atom. The van der Waals surface area contributed by atoms with Gasteiger partial charge in [-0.1, -0.05) is 12.1 Å². The molecule has 0 saturated carbocycles. The van der Waals surface area contributed by atoms with Gasteiger partial charge < -0.3 is 9.88 Å². The second-order valence-corrected chi connectivity index (χ2v) is 9.02. The molecule has 2 heterocycles. The molecule has 1 aromatic heterocycles. The van der Waals surface area contributed by atoms with Gasteiger partial charge in [0.05, 0.1) is 15.9 Å². The summed E-state index contributed by atoms with van der Waals surface area (Å²) in [5.74, 6) is 1.24. The summed E-state index contributed by atoms with van der Waals surface area (Å²) >= 11 is 0. The number of imidazole rings is 1. The quantitative estimate of drug-likeness (QED) is 0.754. The number of rotatable bonds is 3. The lowest BCUT2D eigenvalue weighted by Gasteiger charge is -2.31. The third-order valence-corrected chi connectivity index (χ3v) is 6.23. The van der Waals surface area contributed by atoms with Crippen LogP contribution in [0.3, 0.4) is 0 Å². The molecule has 2 aromatic carbocycles. The maximum Gasteiger partial charge on any atom is 0.253 e. The second-order valence-electron chi connectivity index (χ2n) is 7.00. The first-order valence-electron chi connectivity index (χ1n) is 8.96. The number of fused-ring (bicyclic) bond motifs is 1. The standard InChI is InChI=1S/C20H21N3O3S/c1-27(25,26)16-8-6-15(7-9-16)20(24)23-12-10-14(11-13-23)19-21-17-4-2-3-5-18(17)22-19/h2-9,14H,10-13H2,1H3,(H,21,22). The fraction of sp³-hybridized carbons (Fsp3) is 0.300. The molecule has 1 aliphatic heterocycles. The summed E-state index contributed by atoms with van der Waals surface area (Å²) in [6.07, 6.45) is 2.87. The number of hydrogen-bond acceptors (Lipinski definition) is 4. The summed E-state index contributed by atoms with van der Waals surface area (Å²) in [5.41, 5.74) is 2.53. The lowest BCUT2D eigenvalue weighted by Crippen LogP contribution is -2.38. The zero-order chi connectivity index (χ0) is 19.0. The van der Waals surface area contributed by atoms with Gasteiger partial charge in [-0.3, -0.25) is 4.79 Å². The van der Waals surface area contributed by atoms with Crippen LogP contribution in [-0.2, 0) is 9.84 Å². The SMILES string of the molecule is CS(=O)(=O)c1ccc(C(=O)N2CCC(c3nc4ccccc4[nH]3)CC2)cc1. The number of hydrogen-bond donors (Lipinski definition) is 1. The Labute approximate surface area is 158 Å². The maximum atomic E-state index is 12.7. The summed E-state index contributed by atoms with van der Waals surface area (Å²) in [7, 11) is -3.25.